The summed E-state index contributed by atoms with van der Waals surface area (Å²) < 4.78 is 5.48. The molecule has 0 aromatic heterocycles. The van der Waals surface area contributed by atoms with Crippen LogP contribution >= 0.6 is 0 Å². The molecule has 0 aliphatic carbocycles. The van der Waals surface area contributed by atoms with Gasteiger partial charge in [-0.2, -0.15) is 0 Å². The second-order valence-electron chi connectivity index (χ2n) is 6.15. The quantitative estimate of drug-likeness (QED) is 0.835. The summed E-state index contributed by atoms with van der Waals surface area (Å²) in [5, 5.41) is 3.52. The number of hydrogen-bond donors (Lipinski definition) is 1. The monoisotopic (exact) mass is 290 g/mol. The van der Waals surface area contributed by atoms with Gasteiger partial charge in [0, 0.05) is 31.8 Å². The first-order valence-electron chi connectivity index (χ1n) is 8.26. The van der Waals surface area contributed by atoms with Crippen molar-refractivity contribution in [1.82, 2.24) is 10.2 Å². The summed E-state index contributed by atoms with van der Waals surface area (Å²) in [7, 11) is 4.35. The number of likely N-dealkylation sites (N-methyl/N-ethyl adjacent to an activating group) is 2. The Kier molecular flexibility index (Phi) is 6.68. The molecule has 2 unspecified atom stereocenters. The zero-order valence-electron chi connectivity index (χ0n) is 13.7. The van der Waals surface area contributed by atoms with Crippen LogP contribution in [0.3, 0.4) is 0 Å². The lowest BCUT2D eigenvalue weighted by atomic mass is 9.94. The summed E-state index contributed by atoms with van der Waals surface area (Å²) in [6, 6.07) is 11.7. The van der Waals surface area contributed by atoms with Gasteiger partial charge >= 0.3 is 0 Å². The number of ether oxygens (including phenoxy) is 1. The predicted octanol–water partition coefficient (Wildman–Crippen LogP) is 3.08. The maximum atomic E-state index is 5.48. The molecule has 1 aromatic carbocycles. The van der Waals surface area contributed by atoms with Crippen LogP contribution in [-0.4, -0.2) is 44.8 Å². The largest absolute Gasteiger partial charge is 0.381 e. The van der Waals surface area contributed by atoms with Gasteiger partial charge in [-0.1, -0.05) is 37.3 Å². The molecular formula is C18H30N2O. The molecule has 2 rings (SSSR count). The van der Waals surface area contributed by atoms with Crippen molar-refractivity contribution in [1.29, 1.82) is 0 Å². The number of rotatable bonds is 7. The van der Waals surface area contributed by atoms with Crippen LogP contribution in [-0.2, 0) is 4.74 Å². The zero-order chi connectivity index (χ0) is 15.1. The lowest BCUT2D eigenvalue weighted by Gasteiger charge is -2.37. The van der Waals surface area contributed by atoms with E-state index in [0.717, 1.165) is 25.6 Å². The molecule has 1 aromatic rings. The number of nitrogens with one attached hydrogen (secondary N) is 1. The first kappa shape index (κ1) is 16.5. The van der Waals surface area contributed by atoms with Gasteiger partial charge in [0.1, 0.15) is 0 Å². The van der Waals surface area contributed by atoms with Crippen molar-refractivity contribution >= 4 is 0 Å². The summed E-state index contributed by atoms with van der Waals surface area (Å²) in [6.45, 7) is 5.33. The molecule has 2 atom stereocenters. The Bertz CT molecular complexity index is 389. The van der Waals surface area contributed by atoms with Crippen molar-refractivity contribution in [2.45, 2.75) is 38.3 Å². The third kappa shape index (κ3) is 4.53. The summed E-state index contributed by atoms with van der Waals surface area (Å²) in [5.74, 6) is 0.783. The Hall–Kier alpha value is -0.900. The Morgan fingerprint density at radius 1 is 1.24 bits per heavy atom. The molecule has 0 saturated carbocycles. The van der Waals surface area contributed by atoms with Gasteiger partial charge in [0.2, 0.25) is 0 Å². The van der Waals surface area contributed by atoms with Gasteiger partial charge in [-0.15, -0.1) is 0 Å². The highest BCUT2D eigenvalue weighted by atomic mass is 16.5. The summed E-state index contributed by atoms with van der Waals surface area (Å²) in [5.41, 5.74) is 1.38. The van der Waals surface area contributed by atoms with E-state index >= 15 is 0 Å². The molecule has 1 fully saturated rings. The molecule has 0 bridgehead atoms. The first-order valence-corrected chi connectivity index (χ1v) is 8.26. The summed E-state index contributed by atoms with van der Waals surface area (Å²) in [4.78, 5) is 2.55. The maximum absolute atomic E-state index is 5.48. The lowest BCUT2D eigenvalue weighted by Crippen LogP contribution is -2.44. The minimum absolute atomic E-state index is 0.390. The van der Waals surface area contributed by atoms with E-state index in [1.807, 2.05) is 0 Å². The third-order valence-corrected chi connectivity index (χ3v) is 4.73. The van der Waals surface area contributed by atoms with Crippen LogP contribution in [0.5, 0.6) is 0 Å². The van der Waals surface area contributed by atoms with E-state index in [1.165, 1.54) is 24.9 Å². The molecule has 1 saturated heterocycles. The Balaban J connectivity index is 2.02. The SMILES string of the molecule is CCC(C(NC)c1ccccc1)N(C)CC1CCOCC1. The Labute approximate surface area is 129 Å². The van der Waals surface area contributed by atoms with E-state index in [0.29, 0.717) is 12.1 Å². The third-order valence-electron chi connectivity index (χ3n) is 4.73. The normalized spacial score (nSPS) is 19.6. The smallest absolute Gasteiger partial charge is 0.0475 e. The molecule has 1 heterocycles. The first-order chi connectivity index (χ1) is 10.3. The maximum Gasteiger partial charge on any atom is 0.0475 e. The van der Waals surface area contributed by atoms with Crippen LogP contribution in [0.1, 0.15) is 37.8 Å². The van der Waals surface area contributed by atoms with Gasteiger partial charge < -0.3 is 15.0 Å². The van der Waals surface area contributed by atoms with Crippen molar-refractivity contribution < 1.29 is 4.74 Å². The molecule has 1 N–H and O–H groups in total. The molecule has 21 heavy (non-hydrogen) atoms. The van der Waals surface area contributed by atoms with Gasteiger partial charge in [0.25, 0.3) is 0 Å². The van der Waals surface area contributed by atoms with Crippen molar-refractivity contribution in [2.75, 3.05) is 33.9 Å². The topological polar surface area (TPSA) is 24.5 Å². The molecule has 1 aliphatic rings. The van der Waals surface area contributed by atoms with E-state index in [-0.39, 0.29) is 0 Å². The fraction of sp³-hybridized carbons (Fsp3) is 0.667. The molecule has 0 radical (unpaired) electrons. The zero-order valence-corrected chi connectivity index (χ0v) is 13.7. The molecule has 0 amide bonds. The van der Waals surface area contributed by atoms with Gasteiger partial charge in [-0.3, -0.25) is 0 Å². The van der Waals surface area contributed by atoms with Gasteiger partial charge in [-0.25, -0.2) is 0 Å². The van der Waals surface area contributed by atoms with Crippen LogP contribution in [0, 0.1) is 5.92 Å². The van der Waals surface area contributed by atoms with E-state index in [1.54, 1.807) is 0 Å². The minimum atomic E-state index is 0.390. The van der Waals surface area contributed by atoms with Gasteiger partial charge in [0.15, 0.2) is 0 Å². The van der Waals surface area contributed by atoms with Crippen LogP contribution in [0.15, 0.2) is 30.3 Å². The second-order valence-corrected chi connectivity index (χ2v) is 6.15. The highest BCUT2D eigenvalue weighted by molar-refractivity contribution is 5.20. The predicted molar refractivity (Wildman–Crippen MR) is 88.5 cm³/mol. The molecule has 3 nitrogen and oxygen atoms in total. The highest BCUT2D eigenvalue weighted by Crippen LogP contribution is 2.25. The summed E-state index contributed by atoms with van der Waals surface area (Å²) in [6.07, 6.45) is 3.56. The van der Waals surface area contributed by atoms with Crippen molar-refractivity contribution in [3.63, 3.8) is 0 Å². The van der Waals surface area contributed by atoms with E-state index < -0.39 is 0 Å². The Morgan fingerprint density at radius 3 is 2.48 bits per heavy atom. The number of benzene rings is 1. The lowest BCUT2D eigenvalue weighted by molar-refractivity contribution is 0.0469. The summed E-state index contributed by atoms with van der Waals surface area (Å²) >= 11 is 0. The van der Waals surface area contributed by atoms with Crippen molar-refractivity contribution in [2.24, 2.45) is 5.92 Å². The van der Waals surface area contributed by atoms with Crippen molar-refractivity contribution in [3.8, 4) is 0 Å². The number of nitrogens with zero attached hydrogens (tertiary/aromatic N) is 1. The van der Waals surface area contributed by atoms with E-state index in [4.69, 9.17) is 4.74 Å². The van der Waals surface area contributed by atoms with E-state index in [2.05, 4.69) is 61.6 Å². The molecule has 0 spiro atoms. The van der Waals surface area contributed by atoms with Crippen LogP contribution < -0.4 is 5.32 Å². The molecule has 1 aliphatic heterocycles. The van der Waals surface area contributed by atoms with Gasteiger partial charge in [-0.05, 0) is 44.8 Å². The molecule has 118 valence electrons. The van der Waals surface area contributed by atoms with Crippen LogP contribution in [0.25, 0.3) is 0 Å². The Morgan fingerprint density at radius 2 is 1.90 bits per heavy atom. The highest BCUT2D eigenvalue weighted by Gasteiger charge is 2.26. The van der Waals surface area contributed by atoms with Crippen molar-refractivity contribution in [3.05, 3.63) is 35.9 Å². The standard InChI is InChI=1S/C18H30N2O/c1-4-17(18(19-2)16-8-6-5-7-9-16)20(3)14-15-10-12-21-13-11-15/h5-9,15,17-19H,4,10-14H2,1-3H3. The molecule has 3 heteroatoms. The average Bonchev–Trinajstić information content (AvgIpc) is 2.54. The van der Waals surface area contributed by atoms with E-state index in [9.17, 15) is 0 Å². The minimum Gasteiger partial charge on any atom is -0.381 e. The van der Waals surface area contributed by atoms with Gasteiger partial charge in [0.05, 0.1) is 0 Å². The fourth-order valence-corrected chi connectivity index (χ4v) is 3.52. The van der Waals surface area contributed by atoms with Crippen LogP contribution in [0.2, 0.25) is 0 Å². The molecular weight excluding hydrogens is 260 g/mol. The second kappa shape index (κ2) is 8.52. The van der Waals surface area contributed by atoms with Crippen LogP contribution in [0.4, 0.5) is 0 Å². The number of hydrogen-bond acceptors (Lipinski definition) is 3. The average molecular weight is 290 g/mol. The fourth-order valence-electron chi connectivity index (χ4n) is 3.52.